The lowest BCUT2D eigenvalue weighted by Crippen LogP contribution is -2.42. The van der Waals surface area contributed by atoms with Crippen molar-refractivity contribution in [2.75, 3.05) is 4.90 Å². The first-order valence-corrected chi connectivity index (χ1v) is 8.42. The molecule has 23 heavy (non-hydrogen) atoms. The van der Waals surface area contributed by atoms with Crippen molar-refractivity contribution in [3.8, 4) is 0 Å². The highest BCUT2D eigenvalue weighted by Gasteiger charge is 2.28. The Hall–Kier alpha value is -1.94. The first-order chi connectivity index (χ1) is 11.1. The summed E-state index contributed by atoms with van der Waals surface area (Å²) in [6.07, 6.45) is 5.52. The smallest absolute Gasteiger partial charge is 0.259 e. The summed E-state index contributed by atoms with van der Waals surface area (Å²) >= 11 is 5.84. The van der Waals surface area contributed by atoms with Crippen molar-refractivity contribution in [2.24, 2.45) is 0 Å². The van der Waals surface area contributed by atoms with Crippen LogP contribution >= 0.6 is 11.6 Å². The summed E-state index contributed by atoms with van der Waals surface area (Å²) < 4.78 is 0. The minimum atomic E-state index is -0.0199. The van der Waals surface area contributed by atoms with E-state index in [9.17, 15) is 4.79 Å². The summed E-state index contributed by atoms with van der Waals surface area (Å²) in [5.74, 6) is 0.556. The summed E-state index contributed by atoms with van der Waals surface area (Å²) in [5, 5.41) is 8.38. The van der Waals surface area contributed by atoms with E-state index in [0.29, 0.717) is 16.5 Å². The summed E-state index contributed by atoms with van der Waals surface area (Å²) in [7, 11) is 0. The van der Waals surface area contributed by atoms with Crippen LogP contribution in [0.3, 0.4) is 0 Å². The molecule has 1 aliphatic carbocycles. The van der Waals surface area contributed by atoms with Crippen molar-refractivity contribution in [1.82, 2.24) is 10.2 Å². The highest BCUT2D eigenvalue weighted by Crippen LogP contribution is 2.28. The third kappa shape index (κ3) is 3.70. The topological polar surface area (TPSA) is 46.1 Å². The fourth-order valence-electron chi connectivity index (χ4n) is 3.07. The first kappa shape index (κ1) is 15.9. The fourth-order valence-corrected chi connectivity index (χ4v) is 3.17. The number of carbonyl (C=O) groups is 1. The van der Waals surface area contributed by atoms with Crippen molar-refractivity contribution < 1.29 is 4.79 Å². The zero-order chi connectivity index (χ0) is 16.2. The van der Waals surface area contributed by atoms with Crippen molar-refractivity contribution >= 4 is 23.3 Å². The van der Waals surface area contributed by atoms with Crippen LogP contribution in [-0.2, 0) is 0 Å². The van der Waals surface area contributed by atoms with Crippen LogP contribution in [0.2, 0.25) is 5.15 Å². The number of hydrogen-bond donors (Lipinski definition) is 0. The van der Waals surface area contributed by atoms with Gasteiger partial charge in [0.25, 0.3) is 5.91 Å². The molecule has 4 nitrogen and oxygen atoms in total. The average molecular weight is 330 g/mol. The van der Waals surface area contributed by atoms with Gasteiger partial charge in [0.15, 0.2) is 11.0 Å². The monoisotopic (exact) mass is 329 g/mol. The van der Waals surface area contributed by atoms with Crippen molar-refractivity contribution in [3.05, 3.63) is 52.7 Å². The number of halogens is 1. The van der Waals surface area contributed by atoms with E-state index in [4.69, 9.17) is 11.6 Å². The molecule has 0 N–H and O–H groups in total. The van der Waals surface area contributed by atoms with Crippen LogP contribution in [0.15, 0.2) is 36.4 Å². The maximum Gasteiger partial charge on any atom is 0.259 e. The highest BCUT2D eigenvalue weighted by molar-refractivity contribution is 6.29. The fraction of sp³-hybridized carbons (Fsp3) is 0.389. The van der Waals surface area contributed by atoms with Gasteiger partial charge in [0, 0.05) is 11.6 Å². The second-order valence-electron chi connectivity index (χ2n) is 6.05. The largest absolute Gasteiger partial charge is 0.288 e. The van der Waals surface area contributed by atoms with Gasteiger partial charge < -0.3 is 0 Å². The Labute approximate surface area is 141 Å². The van der Waals surface area contributed by atoms with Gasteiger partial charge in [0.05, 0.1) is 0 Å². The number of carbonyl (C=O) groups excluding carboxylic acids is 1. The lowest BCUT2D eigenvalue weighted by molar-refractivity contribution is 0.0969. The summed E-state index contributed by atoms with van der Waals surface area (Å²) in [5.41, 5.74) is 1.81. The number of aryl methyl sites for hydroxylation is 1. The first-order valence-electron chi connectivity index (χ1n) is 8.04. The molecule has 1 amide bonds. The zero-order valence-corrected chi connectivity index (χ0v) is 14.0. The van der Waals surface area contributed by atoms with Gasteiger partial charge in [-0.05, 0) is 44.0 Å². The number of amides is 1. The molecular weight excluding hydrogens is 310 g/mol. The Balaban J connectivity index is 1.94. The van der Waals surface area contributed by atoms with E-state index in [0.717, 1.165) is 31.2 Å². The van der Waals surface area contributed by atoms with Crippen molar-refractivity contribution in [3.63, 3.8) is 0 Å². The van der Waals surface area contributed by atoms with E-state index in [1.165, 1.54) is 6.42 Å². The molecule has 1 aromatic heterocycles. The normalized spacial score (nSPS) is 15.4. The average Bonchev–Trinajstić information content (AvgIpc) is 2.58. The quantitative estimate of drug-likeness (QED) is 0.837. The molecule has 1 fully saturated rings. The predicted molar refractivity (Wildman–Crippen MR) is 91.9 cm³/mol. The molecule has 5 heteroatoms. The third-order valence-corrected chi connectivity index (χ3v) is 4.52. The van der Waals surface area contributed by atoms with Gasteiger partial charge in [-0.3, -0.25) is 9.69 Å². The molecule has 0 bridgehead atoms. The van der Waals surface area contributed by atoms with E-state index < -0.39 is 0 Å². The molecular formula is C18H20ClN3O. The Bertz CT molecular complexity index is 664. The van der Waals surface area contributed by atoms with Crippen molar-refractivity contribution in [1.29, 1.82) is 0 Å². The van der Waals surface area contributed by atoms with Crippen LogP contribution in [-0.4, -0.2) is 22.1 Å². The van der Waals surface area contributed by atoms with E-state index in [-0.39, 0.29) is 11.9 Å². The van der Waals surface area contributed by atoms with Gasteiger partial charge >= 0.3 is 0 Å². The molecule has 0 atom stereocenters. The summed E-state index contributed by atoms with van der Waals surface area (Å²) in [4.78, 5) is 14.9. The minimum Gasteiger partial charge on any atom is -0.288 e. The Kier molecular flexibility index (Phi) is 4.91. The number of aromatic nitrogens is 2. The van der Waals surface area contributed by atoms with Crippen LogP contribution in [0.25, 0.3) is 0 Å². The van der Waals surface area contributed by atoms with Gasteiger partial charge in [0.1, 0.15) is 0 Å². The van der Waals surface area contributed by atoms with Gasteiger partial charge in [-0.15, -0.1) is 10.2 Å². The third-order valence-electron chi connectivity index (χ3n) is 4.32. The van der Waals surface area contributed by atoms with Crippen LogP contribution in [0.4, 0.5) is 5.82 Å². The number of anilines is 1. The van der Waals surface area contributed by atoms with E-state index in [2.05, 4.69) is 10.2 Å². The summed E-state index contributed by atoms with van der Waals surface area (Å²) in [6.45, 7) is 2.01. The van der Waals surface area contributed by atoms with E-state index >= 15 is 0 Å². The number of rotatable bonds is 3. The molecule has 1 aromatic carbocycles. The molecule has 0 saturated heterocycles. The Morgan fingerprint density at radius 3 is 2.35 bits per heavy atom. The molecule has 1 heterocycles. The molecule has 1 saturated carbocycles. The van der Waals surface area contributed by atoms with Crippen LogP contribution in [0, 0.1) is 6.92 Å². The number of hydrogen-bond acceptors (Lipinski definition) is 3. The van der Waals surface area contributed by atoms with Crippen LogP contribution < -0.4 is 4.90 Å². The maximum absolute atomic E-state index is 13.1. The lowest BCUT2D eigenvalue weighted by atomic mass is 9.93. The standard InChI is InChI=1S/C18H20ClN3O/c1-13-7-9-14(10-8-13)18(23)22(15-5-3-2-4-6-15)17-12-11-16(19)20-21-17/h7-12,15H,2-6H2,1H3. The van der Waals surface area contributed by atoms with Gasteiger partial charge in [-0.1, -0.05) is 48.6 Å². The molecule has 120 valence electrons. The molecule has 1 aliphatic rings. The van der Waals surface area contributed by atoms with E-state index in [1.807, 2.05) is 31.2 Å². The molecule has 0 spiro atoms. The molecule has 0 unspecified atom stereocenters. The SMILES string of the molecule is Cc1ccc(C(=O)N(c2ccc(Cl)nn2)C2CCCCC2)cc1. The number of nitrogens with zero attached hydrogens (tertiary/aromatic N) is 3. The highest BCUT2D eigenvalue weighted by atomic mass is 35.5. The van der Waals surface area contributed by atoms with Gasteiger partial charge in [-0.2, -0.15) is 0 Å². The van der Waals surface area contributed by atoms with Crippen LogP contribution in [0.5, 0.6) is 0 Å². The predicted octanol–water partition coefficient (Wildman–Crippen LogP) is 4.42. The molecule has 0 aliphatic heterocycles. The Morgan fingerprint density at radius 2 is 1.74 bits per heavy atom. The summed E-state index contributed by atoms with van der Waals surface area (Å²) in [6, 6.07) is 11.3. The molecule has 3 rings (SSSR count). The second kappa shape index (κ2) is 7.09. The molecule has 2 aromatic rings. The number of benzene rings is 1. The second-order valence-corrected chi connectivity index (χ2v) is 6.43. The lowest BCUT2D eigenvalue weighted by Gasteiger charge is -2.33. The van der Waals surface area contributed by atoms with Gasteiger partial charge in [0.2, 0.25) is 0 Å². The minimum absolute atomic E-state index is 0.0199. The van der Waals surface area contributed by atoms with Crippen molar-refractivity contribution in [2.45, 2.75) is 45.1 Å². The maximum atomic E-state index is 13.1. The van der Waals surface area contributed by atoms with Crippen LogP contribution in [0.1, 0.15) is 48.0 Å². The molecule has 0 radical (unpaired) electrons. The zero-order valence-electron chi connectivity index (χ0n) is 13.2. The van der Waals surface area contributed by atoms with Gasteiger partial charge in [-0.25, -0.2) is 0 Å². The Morgan fingerprint density at radius 1 is 1.04 bits per heavy atom. The van der Waals surface area contributed by atoms with E-state index in [1.54, 1.807) is 17.0 Å².